The van der Waals surface area contributed by atoms with Crippen molar-refractivity contribution in [1.29, 1.82) is 0 Å². The third kappa shape index (κ3) is 8.64. The van der Waals surface area contributed by atoms with Crippen LogP contribution in [0.25, 0.3) is 5.78 Å². The van der Waals surface area contributed by atoms with Crippen molar-refractivity contribution in [2.75, 3.05) is 105 Å². The molecule has 0 spiro atoms. The van der Waals surface area contributed by atoms with Gasteiger partial charge in [0.15, 0.2) is 0 Å². The number of benzene rings is 2. The molecule has 0 unspecified atom stereocenters. The Morgan fingerprint density at radius 2 is 1.54 bits per heavy atom. The molecule has 3 saturated heterocycles. The lowest BCUT2D eigenvalue weighted by atomic mass is 10.1. The number of aromatic nitrogens is 4. The van der Waals surface area contributed by atoms with Gasteiger partial charge in [0.2, 0.25) is 23.5 Å². The summed E-state index contributed by atoms with van der Waals surface area (Å²) in [5, 5.41) is 9.62. The summed E-state index contributed by atoms with van der Waals surface area (Å²) < 4.78 is 53.4. The van der Waals surface area contributed by atoms with Gasteiger partial charge in [-0.2, -0.15) is 22.7 Å². The zero-order valence-electron chi connectivity index (χ0n) is 31.2. The van der Waals surface area contributed by atoms with Gasteiger partial charge < -0.3 is 44.3 Å². The number of hydrogen-bond donors (Lipinski definition) is 2. The van der Waals surface area contributed by atoms with Gasteiger partial charge in [0.05, 0.1) is 60.5 Å². The number of morpholine rings is 2. The van der Waals surface area contributed by atoms with E-state index in [0.717, 1.165) is 28.4 Å². The van der Waals surface area contributed by atoms with E-state index in [2.05, 4.69) is 25.6 Å². The second-order valence-corrected chi connectivity index (χ2v) is 14.1. The van der Waals surface area contributed by atoms with E-state index in [-0.39, 0.29) is 79.2 Å². The fourth-order valence-corrected chi connectivity index (χ4v) is 7.46. The number of rotatable bonds is 10. The highest BCUT2D eigenvalue weighted by Crippen LogP contribution is 2.34. The Morgan fingerprint density at radius 3 is 2.19 bits per heavy atom. The fourth-order valence-electron chi connectivity index (χ4n) is 7.23. The molecule has 0 aliphatic carbocycles. The highest BCUT2D eigenvalue weighted by atomic mass is 35.5. The molecule has 304 valence electrons. The van der Waals surface area contributed by atoms with Gasteiger partial charge in [-0.15, -0.1) is 5.10 Å². The van der Waals surface area contributed by atoms with Crippen molar-refractivity contribution in [2.24, 2.45) is 0 Å². The molecule has 3 aliphatic heterocycles. The summed E-state index contributed by atoms with van der Waals surface area (Å²) in [5.41, 5.74) is 0.579. The van der Waals surface area contributed by atoms with Crippen LogP contribution >= 0.6 is 11.6 Å². The Morgan fingerprint density at radius 1 is 0.877 bits per heavy atom. The van der Waals surface area contributed by atoms with Crippen molar-refractivity contribution < 1.29 is 37.0 Å². The van der Waals surface area contributed by atoms with Crippen LogP contribution in [0.2, 0.25) is 5.02 Å². The normalized spacial score (nSPS) is 16.6. The maximum atomic E-state index is 14.3. The molecule has 2 N–H and O–H groups in total. The highest BCUT2D eigenvalue weighted by molar-refractivity contribution is 6.33. The van der Waals surface area contributed by atoms with Gasteiger partial charge in [-0.3, -0.25) is 19.2 Å². The molecule has 0 saturated carbocycles. The summed E-state index contributed by atoms with van der Waals surface area (Å²) in [4.78, 5) is 66.5. The Hall–Kier alpha value is -5.40. The maximum absolute atomic E-state index is 14.3. The molecule has 16 nitrogen and oxygen atoms in total. The van der Waals surface area contributed by atoms with Gasteiger partial charge in [-0.05, 0) is 36.8 Å². The third-order valence-corrected chi connectivity index (χ3v) is 10.5. The highest BCUT2D eigenvalue weighted by Gasteiger charge is 2.32. The number of anilines is 4. The zero-order valence-corrected chi connectivity index (χ0v) is 31.9. The van der Waals surface area contributed by atoms with Crippen LogP contribution in [0.3, 0.4) is 0 Å². The van der Waals surface area contributed by atoms with Gasteiger partial charge in [-0.1, -0.05) is 30.7 Å². The van der Waals surface area contributed by atoms with E-state index >= 15 is 0 Å². The Balaban J connectivity index is 1.09. The fraction of sp³-hybridized carbons (Fsp3) is 0.459. The number of halogens is 4. The Kier molecular flexibility index (Phi) is 11.9. The standard InChI is InChI=1S/C37H42ClF3N10O6/c1-2-28-32(48-11-9-47(10-12-48)31(53)22-42-33(54)25-5-3-4-6-29(25)46-13-17-56-18-14-46)34(55)51-36(44-35(45-51)49-15-19-57-20-16-49)50(28)23-30(52)43-27-8-7-24(21-26(27)38)37(39,40)41/h3-8,21H,2,9-20,22-23H2,1H3,(H,42,54)(H,43,52). The van der Waals surface area contributed by atoms with E-state index in [9.17, 15) is 32.3 Å². The van der Waals surface area contributed by atoms with Crippen LogP contribution in [-0.4, -0.2) is 127 Å². The molecule has 20 heteroatoms. The van der Waals surface area contributed by atoms with Crippen molar-refractivity contribution in [3.8, 4) is 0 Å². The molecule has 4 aromatic rings. The number of carbonyl (C=O) groups excluding carboxylic acids is 3. The molecule has 3 aliphatic rings. The minimum absolute atomic E-state index is 0.0150. The summed E-state index contributed by atoms with van der Waals surface area (Å²) in [6, 6.07) is 9.89. The van der Waals surface area contributed by atoms with Crippen molar-refractivity contribution in [2.45, 2.75) is 26.1 Å². The molecular weight excluding hydrogens is 773 g/mol. The lowest BCUT2D eigenvalue weighted by Gasteiger charge is -2.37. The Labute approximate surface area is 330 Å². The summed E-state index contributed by atoms with van der Waals surface area (Å²) in [5.74, 6) is -0.876. The smallest absolute Gasteiger partial charge is 0.378 e. The molecule has 2 aromatic carbocycles. The van der Waals surface area contributed by atoms with Crippen LogP contribution in [0, 0.1) is 0 Å². The van der Waals surface area contributed by atoms with E-state index < -0.39 is 23.2 Å². The molecule has 57 heavy (non-hydrogen) atoms. The van der Waals surface area contributed by atoms with E-state index in [1.807, 2.05) is 28.9 Å². The first-order chi connectivity index (χ1) is 27.4. The van der Waals surface area contributed by atoms with Gasteiger partial charge in [-0.25, -0.2) is 0 Å². The summed E-state index contributed by atoms with van der Waals surface area (Å²) in [7, 11) is 0. The minimum atomic E-state index is -4.61. The van der Waals surface area contributed by atoms with E-state index in [0.29, 0.717) is 70.3 Å². The quantitative estimate of drug-likeness (QED) is 0.243. The molecule has 0 bridgehead atoms. The van der Waals surface area contributed by atoms with Crippen molar-refractivity contribution in [1.82, 2.24) is 29.4 Å². The molecule has 0 atom stereocenters. The molecule has 2 aromatic heterocycles. The molecular formula is C37H42ClF3N10O6. The predicted molar refractivity (Wildman–Crippen MR) is 205 cm³/mol. The van der Waals surface area contributed by atoms with E-state index in [4.69, 9.17) is 21.1 Å². The summed E-state index contributed by atoms with van der Waals surface area (Å²) in [6.45, 7) is 6.58. The van der Waals surface area contributed by atoms with Crippen molar-refractivity contribution in [3.63, 3.8) is 0 Å². The van der Waals surface area contributed by atoms with E-state index in [1.54, 1.807) is 21.6 Å². The van der Waals surface area contributed by atoms with Crippen LogP contribution in [0.4, 0.5) is 36.2 Å². The summed E-state index contributed by atoms with van der Waals surface area (Å²) in [6.07, 6.45) is -4.32. The summed E-state index contributed by atoms with van der Waals surface area (Å²) >= 11 is 6.14. The van der Waals surface area contributed by atoms with Crippen molar-refractivity contribution >= 4 is 58.1 Å². The number of carbonyl (C=O) groups is 3. The number of ether oxygens (including phenoxy) is 2. The van der Waals surface area contributed by atoms with Crippen molar-refractivity contribution in [3.05, 3.63) is 74.7 Å². The number of fused-ring (bicyclic) bond motifs is 1. The average Bonchev–Trinajstić information content (AvgIpc) is 3.68. The largest absolute Gasteiger partial charge is 0.416 e. The van der Waals surface area contributed by atoms with Gasteiger partial charge in [0.1, 0.15) is 12.2 Å². The van der Waals surface area contributed by atoms with Crippen LogP contribution in [0.15, 0.2) is 47.3 Å². The Bertz CT molecular complexity index is 2190. The minimum Gasteiger partial charge on any atom is -0.378 e. The number of amides is 3. The first-order valence-electron chi connectivity index (χ1n) is 18.7. The lowest BCUT2D eigenvalue weighted by molar-refractivity contribution is -0.137. The molecule has 7 rings (SSSR count). The number of hydrogen-bond acceptors (Lipinski definition) is 11. The number of piperazine rings is 1. The van der Waals surface area contributed by atoms with Crippen LogP contribution < -0.4 is 30.9 Å². The average molecular weight is 815 g/mol. The van der Waals surface area contributed by atoms with Crippen LogP contribution in [0.5, 0.6) is 0 Å². The van der Waals surface area contributed by atoms with Gasteiger partial charge in [0.25, 0.3) is 11.5 Å². The molecule has 3 fully saturated rings. The van der Waals surface area contributed by atoms with Crippen LogP contribution in [-0.2, 0) is 38.2 Å². The zero-order chi connectivity index (χ0) is 40.3. The molecule has 0 radical (unpaired) electrons. The van der Waals surface area contributed by atoms with Gasteiger partial charge >= 0.3 is 6.18 Å². The molecule has 3 amide bonds. The third-order valence-electron chi connectivity index (χ3n) is 10.2. The monoisotopic (exact) mass is 814 g/mol. The first-order valence-corrected chi connectivity index (χ1v) is 19.0. The number of alkyl halides is 3. The topological polar surface area (TPSA) is 159 Å². The molecule has 5 heterocycles. The SMILES string of the molecule is CCc1c(N2CCN(C(=O)CNC(=O)c3ccccc3N3CCOCC3)CC2)c(=O)n2nc(N3CCOCC3)nc2n1CC(=O)Nc1ccc(C(F)(F)F)cc1Cl. The van der Waals surface area contributed by atoms with E-state index in [1.165, 1.54) is 0 Å². The predicted octanol–water partition coefficient (Wildman–Crippen LogP) is 2.52. The van der Waals surface area contributed by atoms with Crippen LogP contribution in [0.1, 0.15) is 28.5 Å². The second-order valence-electron chi connectivity index (χ2n) is 13.7. The first kappa shape index (κ1) is 39.8. The second kappa shape index (κ2) is 17.0. The lowest BCUT2D eigenvalue weighted by Crippen LogP contribution is -2.52. The number of nitrogens with one attached hydrogen (secondary N) is 2. The van der Waals surface area contributed by atoms with Gasteiger partial charge in [0, 0.05) is 58.0 Å². The number of nitrogens with zero attached hydrogens (tertiary/aromatic N) is 8. The number of para-hydroxylation sites is 1. The maximum Gasteiger partial charge on any atom is 0.416 e.